The molecule has 1 saturated heterocycles. The number of nitrogens with one attached hydrogen (secondary N) is 1. The SMILES string of the molecule is CCCO[C@H]1CC[C@H](N2CCC(n3c(=O)[nH]c4cc(C(F)(F)F)c(Cl)cc43)CC2)CC1.Cl. The van der Waals surface area contributed by atoms with Crippen molar-refractivity contribution in [3.05, 3.63) is 33.2 Å². The third-order valence-electron chi connectivity index (χ3n) is 6.69. The lowest BCUT2D eigenvalue weighted by molar-refractivity contribution is -0.137. The first-order valence-corrected chi connectivity index (χ1v) is 11.5. The van der Waals surface area contributed by atoms with E-state index in [1.807, 2.05) is 0 Å². The van der Waals surface area contributed by atoms with Gasteiger partial charge in [-0.1, -0.05) is 18.5 Å². The maximum atomic E-state index is 13.1. The number of hydrogen-bond donors (Lipinski definition) is 1. The Hall–Kier alpha value is -1.22. The quantitative estimate of drug-likeness (QED) is 0.570. The molecular weight excluding hydrogens is 466 g/mol. The molecule has 10 heteroatoms. The molecule has 0 spiro atoms. The first-order chi connectivity index (χ1) is 14.8. The minimum absolute atomic E-state index is 0. The Morgan fingerprint density at radius 3 is 2.34 bits per heavy atom. The molecule has 2 fully saturated rings. The van der Waals surface area contributed by atoms with E-state index < -0.39 is 11.7 Å². The molecule has 0 radical (unpaired) electrons. The van der Waals surface area contributed by atoms with E-state index in [4.69, 9.17) is 16.3 Å². The van der Waals surface area contributed by atoms with Crippen molar-refractivity contribution >= 4 is 35.0 Å². The molecule has 2 aromatic rings. The number of halogens is 5. The van der Waals surface area contributed by atoms with Crippen molar-refractivity contribution in [2.45, 2.75) is 76.2 Å². The second-order valence-corrected chi connectivity index (χ2v) is 9.12. The first kappa shape index (κ1) is 25.4. The van der Waals surface area contributed by atoms with E-state index in [-0.39, 0.29) is 34.7 Å². The molecule has 2 aliphatic rings. The van der Waals surface area contributed by atoms with Crippen molar-refractivity contribution in [1.82, 2.24) is 14.5 Å². The highest BCUT2D eigenvalue weighted by Crippen LogP contribution is 2.38. The number of rotatable bonds is 5. The van der Waals surface area contributed by atoms with Crippen LogP contribution in [0, 0.1) is 0 Å². The fourth-order valence-corrected chi connectivity index (χ4v) is 5.36. The molecule has 0 amide bonds. The molecule has 1 aromatic carbocycles. The highest BCUT2D eigenvalue weighted by Gasteiger charge is 2.35. The third-order valence-corrected chi connectivity index (χ3v) is 7.01. The maximum absolute atomic E-state index is 13.1. The van der Waals surface area contributed by atoms with Crippen LogP contribution >= 0.6 is 24.0 Å². The Labute approximate surface area is 196 Å². The molecule has 1 saturated carbocycles. The molecule has 0 bridgehead atoms. The van der Waals surface area contributed by atoms with Crippen LogP contribution < -0.4 is 5.69 Å². The Balaban J connectivity index is 0.00000289. The number of alkyl halides is 3. The Kier molecular flexibility index (Phi) is 8.23. The van der Waals surface area contributed by atoms with Gasteiger partial charge in [0.2, 0.25) is 0 Å². The summed E-state index contributed by atoms with van der Waals surface area (Å²) in [6.07, 6.45) is 2.88. The number of ether oxygens (including phenoxy) is 1. The first-order valence-electron chi connectivity index (χ1n) is 11.1. The van der Waals surface area contributed by atoms with E-state index in [2.05, 4.69) is 16.8 Å². The molecule has 1 aromatic heterocycles. The zero-order chi connectivity index (χ0) is 22.2. The minimum atomic E-state index is -4.56. The van der Waals surface area contributed by atoms with Crippen LogP contribution in [0.4, 0.5) is 13.2 Å². The van der Waals surface area contributed by atoms with E-state index in [9.17, 15) is 18.0 Å². The van der Waals surface area contributed by atoms with Crippen LogP contribution in [0.5, 0.6) is 0 Å². The van der Waals surface area contributed by atoms with Gasteiger partial charge in [-0.05, 0) is 57.1 Å². The van der Waals surface area contributed by atoms with Crippen molar-refractivity contribution in [2.75, 3.05) is 19.7 Å². The molecule has 5 nitrogen and oxygen atoms in total. The van der Waals surface area contributed by atoms with E-state index in [1.165, 1.54) is 6.07 Å². The lowest BCUT2D eigenvalue weighted by Crippen LogP contribution is -2.45. The number of hydrogen-bond acceptors (Lipinski definition) is 3. The van der Waals surface area contributed by atoms with Gasteiger partial charge >= 0.3 is 11.9 Å². The van der Waals surface area contributed by atoms with Crippen LogP contribution in [-0.4, -0.2) is 46.3 Å². The second kappa shape index (κ2) is 10.4. The normalized spacial score (nSPS) is 23.4. The Bertz CT molecular complexity index is 960. The molecule has 180 valence electrons. The summed E-state index contributed by atoms with van der Waals surface area (Å²) in [6, 6.07) is 2.70. The van der Waals surface area contributed by atoms with Gasteiger partial charge in [0.15, 0.2) is 0 Å². The van der Waals surface area contributed by atoms with Gasteiger partial charge < -0.3 is 14.6 Å². The molecule has 4 rings (SSSR count). The maximum Gasteiger partial charge on any atom is 0.417 e. The van der Waals surface area contributed by atoms with Crippen molar-refractivity contribution in [2.24, 2.45) is 0 Å². The van der Waals surface area contributed by atoms with Gasteiger partial charge in [-0.25, -0.2) is 4.79 Å². The minimum Gasteiger partial charge on any atom is -0.378 e. The lowest BCUT2D eigenvalue weighted by Gasteiger charge is -2.41. The van der Waals surface area contributed by atoms with Crippen molar-refractivity contribution in [1.29, 1.82) is 0 Å². The number of nitrogens with zero attached hydrogens (tertiary/aromatic N) is 2. The average Bonchev–Trinajstić information content (AvgIpc) is 3.06. The molecular formula is C22H30Cl2F3N3O2. The van der Waals surface area contributed by atoms with Crippen LogP contribution in [0.3, 0.4) is 0 Å². The third kappa shape index (κ3) is 5.29. The fourth-order valence-electron chi connectivity index (χ4n) is 5.10. The molecule has 1 aliphatic carbocycles. The predicted molar refractivity (Wildman–Crippen MR) is 122 cm³/mol. The molecule has 0 unspecified atom stereocenters. The average molecular weight is 496 g/mol. The number of aromatic amines is 1. The monoisotopic (exact) mass is 495 g/mol. The molecule has 1 aliphatic heterocycles. The van der Waals surface area contributed by atoms with Crippen molar-refractivity contribution in [3.8, 4) is 0 Å². The van der Waals surface area contributed by atoms with Crippen LogP contribution in [0.25, 0.3) is 11.0 Å². The van der Waals surface area contributed by atoms with Crippen LogP contribution in [0.2, 0.25) is 5.02 Å². The number of piperidine rings is 1. The zero-order valence-electron chi connectivity index (χ0n) is 18.1. The van der Waals surface area contributed by atoms with E-state index in [0.29, 0.717) is 17.7 Å². The summed E-state index contributed by atoms with van der Waals surface area (Å²) < 4.78 is 46.9. The summed E-state index contributed by atoms with van der Waals surface area (Å²) in [5, 5.41) is -0.382. The number of benzene rings is 1. The fraction of sp³-hybridized carbons (Fsp3) is 0.682. The van der Waals surface area contributed by atoms with Gasteiger partial charge in [-0.3, -0.25) is 4.57 Å². The van der Waals surface area contributed by atoms with Gasteiger partial charge in [-0.15, -0.1) is 12.4 Å². The van der Waals surface area contributed by atoms with Gasteiger partial charge in [0, 0.05) is 31.8 Å². The summed E-state index contributed by atoms with van der Waals surface area (Å²) in [6.45, 7) is 4.71. The highest BCUT2D eigenvalue weighted by molar-refractivity contribution is 6.32. The predicted octanol–water partition coefficient (Wildman–Crippen LogP) is 5.80. The number of likely N-dealkylation sites (tertiary alicyclic amines) is 1. The number of fused-ring (bicyclic) bond motifs is 1. The highest BCUT2D eigenvalue weighted by atomic mass is 35.5. The zero-order valence-corrected chi connectivity index (χ0v) is 19.7. The lowest BCUT2D eigenvalue weighted by atomic mass is 9.90. The number of imidazole rings is 1. The Morgan fingerprint density at radius 2 is 1.75 bits per heavy atom. The molecule has 1 N–H and O–H groups in total. The smallest absolute Gasteiger partial charge is 0.378 e. The van der Waals surface area contributed by atoms with Gasteiger partial charge in [0.25, 0.3) is 0 Å². The topological polar surface area (TPSA) is 50.3 Å². The van der Waals surface area contributed by atoms with E-state index in [0.717, 1.165) is 70.7 Å². The van der Waals surface area contributed by atoms with Gasteiger partial charge in [-0.2, -0.15) is 13.2 Å². The summed E-state index contributed by atoms with van der Waals surface area (Å²) in [5.41, 5.74) is -0.689. The molecule has 2 heterocycles. The summed E-state index contributed by atoms with van der Waals surface area (Å²) in [7, 11) is 0. The van der Waals surface area contributed by atoms with Crippen molar-refractivity contribution < 1.29 is 17.9 Å². The van der Waals surface area contributed by atoms with E-state index >= 15 is 0 Å². The summed E-state index contributed by atoms with van der Waals surface area (Å²) in [5.74, 6) is 0. The van der Waals surface area contributed by atoms with Gasteiger partial charge in [0.1, 0.15) is 0 Å². The number of H-pyrrole nitrogens is 1. The summed E-state index contributed by atoms with van der Waals surface area (Å²) >= 11 is 5.91. The summed E-state index contributed by atoms with van der Waals surface area (Å²) in [4.78, 5) is 17.7. The van der Waals surface area contributed by atoms with Crippen LogP contribution in [0.15, 0.2) is 16.9 Å². The Morgan fingerprint density at radius 1 is 1.09 bits per heavy atom. The van der Waals surface area contributed by atoms with Crippen molar-refractivity contribution in [3.63, 3.8) is 0 Å². The van der Waals surface area contributed by atoms with E-state index in [1.54, 1.807) is 4.57 Å². The molecule has 0 atom stereocenters. The second-order valence-electron chi connectivity index (χ2n) is 8.72. The largest absolute Gasteiger partial charge is 0.417 e. The molecule has 32 heavy (non-hydrogen) atoms. The van der Waals surface area contributed by atoms with Crippen LogP contribution in [0.1, 0.15) is 63.5 Å². The van der Waals surface area contributed by atoms with Crippen LogP contribution in [-0.2, 0) is 10.9 Å². The number of aromatic nitrogens is 2. The standard InChI is InChI=1S/C22H29ClF3N3O2.ClH/c1-2-11-31-16-5-3-14(4-6-16)28-9-7-15(8-10-28)29-20-13-18(23)17(22(24,25)26)12-19(20)27-21(29)30;/h12-16H,2-11H2,1H3,(H,27,30);1H/t14-,16-;. The van der Waals surface area contributed by atoms with Gasteiger partial charge in [0.05, 0.1) is 27.7 Å².